The van der Waals surface area contributed by atoms with Gasteiger partial charge in [0.2, 0.25) is 0 Å². The first-order valence-corrected chi connectivity index (χ1v) is 5.49. The first-order chi connectivity index (χ1) is 7.33. The van der Waals surface area contributed by atoms with Crippen LogP contribution in [0.25, 0.3) is 0 Å². The lowest BCUT2D eigenvalue weighted by atomic mass is 10.1. The van der Waals surface area contributed by atoms with E-state index in [2.05, 4.69) is 5.32 Å². The van der Waals surface area contributed by atoms with Gasteiger partial charge in [0, 0.05) is 19.2 Å². The van der Waals surface area contributed by atoms with Crippen LogP contribution in [0.4, 0.5) is 5.82 Å². The number of aryl methyl sites for hydroxylation is 1. The fourth-order valence-electron chi connectivity index (χ4n) is 1.99. The van der Waals surface area contributed by atoms with Crippen molar-refractivity contribution in [3.05, 3.63) is 28.0 Å². The normalized spacial score (nSPS) is 14.5. The topological polar surface area (TPSA) is 60.1 Å². The largest absolute Gasteiger partial charge is 0.371 e. The number of nitrogens with two attached hydrogens (primary N) is 1. The minimum Gasteiger partial charge on any atom is -0.371 e. The Labute approximate surface area is 89.1 Å². The van der Waals surface area contributed by atoms with Crippen LogP contribution in [0.15, 0.2) is 16.9 Å². The first kappa shape index (κ1) is 10.2. The van der Waals surface area contributed by atoms with Crippen LogP contribution in [-0.2, 0) is 13.0 Å². The fraction of sp³-hybridized carbons (Fsp3) is 0.545. The standard InChI is InChI=1S/C11H17N3O/c12-6-1-3-9-4-5-10(15)14-8-2-7-13-11(9)14/h4-5,13H,1-3,6-8,12H2. The van der Waals surface area contributed by atoms with Crippen molar-refractivity contribution in [3.63, 3.8) is 0 Å². The summed E-state index contributed by atoms with van der Waals surface area (Å²) in [5.41, 5.74) is 6.79. The van der Waals surface area contributed by atoms with Crippen LogP contribution in [0, 0.1) is 0 Å². The molecule has 15 heavy (non-hydrogen) atoms. The van der Waals surface area contributed by atoms with Crippen molar-refractivity contribution in [2.75, 3.05) is 18.4 Å². The molecule has 0 fully saturated rings. The van der Waals surface area contributed by atoms with Crippen molar-refractivity contribution in [3.8, 4) is 0 Å². The van der Waals surface area contributed by atoms with Gasteiger partial charge in [-0.15, -0.1) is 0 Å². The number of rotatable bonds is 3. The average molecular weight is 207 g/mol. The number of aromatic nitrogens is 1. The van der Waals surface area contributed by atoms with E-state index < -0.39 is 0 Å². The highest BCUT2D eigenvalue weighted by atomic mass is 16.1. The number of nitrogens with zero attached hydrogens (tertiary/aromatic N) is 1. The molecule has 0 spiro atoms. The van der Waals surface area contributed by atoms with Crippen molar-refractivity contribution in [1.82, 2.24) is 4.57 Å². The van der Waals surface area contributed by atoms with Crippen molar-refractivity contribution in [2.45, 2.75) is 25.8 Å². The number of hydrogen-bond donors (Lipinski definition) is 2. The summed E-state index contributed by atoms with van der Waals surface area (Å²) >= 11 is 0. The van der Waals surface area contributed by atoms with Gasteiger partial charge in [0.25, 0.3) is 5.56 Å². The minimum atomic E-state index is 0.0914. The zero-order chi connectivity index (χ0) is 10.7. The molecule has 0 atom stereocenters. The molecule has 0 unspecified atom stereocenters. The highest BCUT2D eigenvalue weighted by Crippen LogP contribution is 2.18. The Bertz CT molecular complexity index is 397. The van der Waals surface area contributed by atoms with E-state index in [1.807, 2.05) is 10.6 Å². The quantitative estimate of drug-likeness (QED) is 0.761. The Morgan fingerprint density at radius 2 is 2.33 bits per heavy atom. The highest BCUT2D eigenvalue weighted by Gasteiger charge is 2.12. The molecule has 1 aromatic rings. The summed E-state index contributed by atoms with van der Waals surface area (Å²) in [6.07, 6.45) is 2.93. The number of hydrogen-bond acceptors (Lipinski definition) is 3. The number of fused-ring (bicyclic) bond motifs is 1. The molecule has 1 aromatic heterocycles. The molecule has 0 bridgehead atoms. The predicted octanol–water partition coefficient (Wildman–Crippen LogP) is 0.555. The van der Waals surface area contributed by atoms with Gasteiger partial charge in [-0.2, -0.15) is 0 Å². The molecule has 0 saturated heterocycles. The Hall–Kier alpha value is -1.29. The average Bonchev–Trinajstić information content (AvgIpc) is 2.29. The van der Waals surface area contributed by atoms with Gasteiger partial charge >= 0.3 is 0 Å². The van der Waals surface area contributed by atoms with Crippen LogP contribution in [0.1, 0.15) is 18.4 Å². The molecule has 82 valence electrons. The monoisotopic (exact) mass is 207 g/mol. The second-order valence-electron chi connectivity index (χ2n) is 3.87. The first-order valence-electron chi connectivity index (χ1n) is 5.49. The fourth-order valence-corrected chi connectivity index (χ4v) is 1.99. The van der Waals surface area contributed by atoms with Gasteiger partial charge in [0.1, 0.15) is 5.82 Å². The molecule has 4 heteroatoms. The third-order valence-electron chi connectivity index (χ3n) is 2.77. The number of anilines is 1. The van der Waals surface area contributed by atoms with E-state index in [0.29, 0.717) is 6.54 Å². The maximum absolute atomic E-state index is 11.6. The Kier molecular flexibility index (Phi) is 3.06. The van der Waals surface area contributed by atoms with Crippen molar-refractivity contribution in [2.24, 2.45) is 5.73 Å². The van der Waals surface area contributed by atoms with E-state index in [1.165, 1.54) is 5.56 Å². The SMILES string of the molecule is NCCCc1ccc(=O)n2c1NCCC2. The van der Waals surface area contributed by atoms with E-state index >= 15 is 0 Å². The van der Waals surface area contributed by atoms with E-state index in [4.69, 9.17) is 5.73 Å². The molecule has 0 aromatic carbocycles. The maximum Gasteiger partial charge on any atom is 0.252 e. The van der Waals surface area contributed by atoms with Crippen LogP contribution < -0.4 is 16.6 Å². The zero-order valence-electron chi connectivity index (χ0n) is 8.83. The molecular formula is C11H17N3O. The summed E-state index contributed by atoms with van der Waals surface area (Å²) < 4.78 is 1.83. The Morgan fingerprint density at radius 3 is 3.13 bits per heavy atom. The third kappa shape index (κ3) is 2.04. The summed E-state index contributed by atoms with van der Waals surface area (Å²) in [6, 6.07) is 3.57. The summed E-state index contributed by atoms with van der Waals surface area (Å²) in [4.78, 5) is 11.6. The van der Waals surface area contributed by atoms with Crippen LogP contribution >= 0.6 is 0 Å². The summed E-state index contributed by atoms with van der Waals surface area (Å²) in [6.45, 7) is 2.48. The minimum absolute atomic E-state index is 0.0914. The van der Waals surface area contributed by atoms with E-state index in [0.717, 1.165) is 38.2 Å². The molecule has 4 nitrogen and oxygen atoms in total. The molecule has 0 saturated carbocycles. The second-order valence-corrected chi connectivity index (χ2v) is 3.87. The molecular weight excluding hydrogens is 190 g/mol. The Balaban J connectivity index is 2.35. The Morgan fingerprint density at radius 1 is 1.47 bits per heavy atom. The van der Waals surface area contributed by atoms with Gasteiger partial charge < -0.3 is 11.1 Å². The molecule has 0 radical (unpaired) electrons. The summed E-state index contributed by atoms with van der Waals surface area (Å²) in [7, 11) is 0. The number of pyridine rings is 1. The van der Waals surface area contributed by atoms with Gasteiger partial charge in [-0.1, -0.05) is 0 Å². The third-order valence-corrected chi connectivity index (χ3v) is 2.77. The highest BCUT2D eigenvalue weighted by molar-refractivity contribution is 5.46. The van der Waals surface area contributed by atoms with E-state index in [-0.39, 0.29) is 5.56 Å². The van der Waals surface area contributed by atoms with Crippen LogP contribution in [0.2, 0.25) is 0 Å². The van der Waals surface area contributed by atoms with E-state index in [9.17, 15) is 4.79 Å². The molecule has 2 rings (SSSR count). The maximum atomic E-state index is 11.6. The van der Waals surface area contributed by atoms with Gasteiger partial charge in [-0.25, -0.2) is 0 Å². The van der Waals surface area contributed by atoms with E-state index in [1.54, 1.807) is 6.07 Å². The van der Waals surface area contributed by atoms with Crippen molar-refractivity contribution >= 4 is 5.82 Å². The zero-order valence-corrected chi connectivity index (χ0v) is 8.83. The smallest absolute Gasteiger partial charge is 0.252 e. The molecule has 0 aliphatic carbocycles. The second kappa shape index (κ2) is 4.49. The van der Waals surface area contributed by atoms with Crippen molar-refractivity contribution in [1.29, 1.82) is 0 Å². The van der Waals surface area contributed by atoms with Gasteiger partial charge in [0.15, 0.2) is 0 Å². The molecule has 3 N–H and O–H groups in total. The number of nitrogens with one attached hydrogen (secondary N) is 1. The molecule has 1 aliphatic rings. The van der Waals surface area contributed by atoms with Gasteiger partial charge in [-0.05, 0) is 37.4 Å². The lowest BCUT2D eigenvalue weighted by molar-refractivity contribution is 0.602. The predicted molar refractivity (Wildman–Crippen MR) is 61.2 cm³/mol. The van der Waals surface area contributed by atoms with Crippen molar-refractivity contribution < 1.29 is 0 Å². The van der Waals surface area contributed by atoms with Gasteiger partial charge in [0.05, 0.1) is 0 Å². The van der Waals surface area contributed by atoms with Crippen LogP contribution in [-0.4, -0.2) is 17.7 Å². The lowest BCUT2D eigenvalue weighted by Crippen LogP contribution is -2.29. The van der Waals surface area contributed by atoms with Crippen LogP contribution in [0.5, 0.6) is 0 Å². The molecule has 2 heterocycles. The summed E-state index contributed by atoms with van der Waals surface area (Å²) in [5, 5.41) is 3.30. The summed E-state index contributed by atoms with van der Waals surface area (Å²) in [5.74, 6) is 1.00. The lowest BCUT2D eigenvalue weighted by Gasteiger charge is -2.22. The van der Waals surface area contributed by atoms with Gasteiger partial charge in [-0.3, -0.25) is 9.36 Å². The molecule has 1 aliphatic heterocycles. The van der Waals surface area contributed by atoms with Crippen LogP contribution in [0.3, 0.4) is 0 Å². The molecule has 0 amide bonds.